The van der Waals surface area contributed by atoms with Crippen LogP contribution in [-0.2, 0) is 9.59 Å². The molecule has 2 rings (SSSR count). The normalized spacial score (nSPS) is 11.9. The van der Waals surface area contributed by atoms with Crippen LogP contribution in [0.5, 0.6) is 0 Å². The van der Waals surface area contributed by atoms with Crippen molar-refractivity contribution in [2.75, 3.05) is 32.5 Å². The van der Waals surface area contributed by atoms with Crippen LogP contribution in [-0.4, -0.2) is 48.8 Å². The molecular weight excluding hydrogens is 338 g/mol. The first kappa shape index (κ1) is 20.6. The standard InChI is InChI=1S/C22H29N3O2/c1-16-10-9-11-17(2)22(16)23-20(26)14-24(4)15-21(27)25(5)18(3)19-12-7-6-8-13-19/h6-13,18H,14-15H2,1-5H3,(H,23,26)/t18-/m1/s1. The van der Waals surface area contributed by atoms with Crippen molar-refractivity contribution in [1.82, 2.24) is 9.80 Å². The zero-order chi connectivity index (χ0) is 20.0. The van der Waals surface area contributed by atoms with E-state index < -0.39 is 0 Å². The van der Waals surface area contributed by atoms with Crippen molar-refractivity contribution in [3.05, 3.63) is 65.2 Å². The van der Waals surface area contributed by atoms with Crippen LogP contribution in [0.1, 0.15) is 29.7 Å². The molecule has 1 N–H and O–H groups in total. The summed E-state index contributed by atoms with van der Waals surface area (Å²) in [4.78, 5) is 28.4. The van der Waals surface area contributed by atoms with E-state index in [4.69, 9.17) is 0 Å². The van der Waals surface area contributed by atoms with Gasteiger partial charge in [0.15, 0.2) is 0 Å². The van der Waals surface area contributed by atoms with E-state index in [1.165, 1.54) is 0 Å². The molecule has 0 radical (unpaired) electrons. The second-order valence-electron chi connectivity index (χ2n) is 7.08. The van der Waals surface area contributed by atoms with Gasteiger partial charge in [-0.15, -0.1) is 0 Å². The zero-order valence-electron chi connectivity index (χ0n) is 16.8. The number of nitrogens with zero attached hydrogens (tertiary/aromatic N) is 2. The fraction of sp³-hybridized carbons (Fsp3) is 0.364. The summed E-state index contributed by atoms with van der Waals surface area (Å²) >= 11 is 0. The number of anilines is 1. The van der Waals surface area contributed by atoms with Crippen LogP contribution < -0.4 is 5.32 Å². The summed E-state index contributed by atoms with van der Waals surface area (Å²) < 4.78 is 0. The van der Waals surface area contributed by atoms with Gasteiger partial charge in [-0.05, 0) is 44.5 Å². The highest BCUT2D eigenvalue weighted by Gasteiger charge is 2.19. The third-order valence-corrected chi connectivity index (χ3v) is 4.82. The van der Waals surface area contributed by atoms with Gasteiger partial charge in [-0.25, -0.2) is 0 Å². The lowest BCUT2D eigenvalue weighted by atomic mass is 10.1. The van der Waals surface area contributed by atoms with Crippen molar-refractivity contribution < 1.29 is 9.59 Å². The molecular formula is C22H29N3O2. The van der Waals surface area contributed by atoms with Gasteiger partial charge in [0, 0.05) is 12.7 Å². The predicted octanol–water partition coefficient (Wildman–Crippen LogP) is 3.39. The van der Waals surface area contributed by atoms with E-state index in [-0.39, 0.29) is 30.9 Å². The Labute approximate surface area is 162 Å². The number of aryl methyl sites for hydroxylation is 2. The molecule has 0 saturated carbocycles. The second kappa shape index (κ2) is 9.33. The highest BCUT2D eigenvalue weighted by Crippen LogP contribution is 2.20. The molecule has 144 valence electrons. The molecule has 0 unspecified atom stereocenters. The van der Waals surface area contributed by atoms with Crippen LogP contribution in [0.4, 0.5) is 5.69 Å². The summed E-state index contributed by atoms with van der Waals surface area (Å²) in [5, 5.41) is 2.95. The summed E-state index contributed by atoms with van der Waals surface area (Å²) in [5.41, 5.74) is 3.98. The highest BCUT2D eigenvalue weighted by molar-refractivity contribution is 5.94. The minimum atomic E-state index is -0.124. The van der Waals surface area contributed by atoms with Crippen molar-refractivity contribution in [3.63, 3.8) is 0 Å². The fourth-order valence-corrected chi connectivity index (χ4v) is 3.01. The third-order valence-electron chi connectivity index (χ3n) is 4.82. The van der Waals surface area contributed by atoms with Crippen molar-refractivity contribution in [3.8, 4) is 0 Å². The minimum absolute atomic E-state index is 0.0180. The lowest BCUT2D eigenvalue weighted by molar-refractivity contribution is -0.133. The molecule has 2 amide bonds. The number of amides is 2. The van der Waals surface area contributed by atoms with Crippen LogP contribution >= 0.6 is 0 Å². The maximum absolute atomic E-state index is 12.6. The molecule has 0 heterocycles. The Morgan fingerprint density at radius 3 is 2.11 bits per heavy atom. The monoisotopic (exact) mass is 367 g/mol. The summed E-state index contributed by atoms with van der Waals surface area (Å²) in [6.07, 6.45) is 0. The first-order chi connectivity index (χ1) is 12.8. The van der Waals surface area contributed by atoms with Crippen molar-refractivity contribution in [2.45, 2.75) is 26.8 Å². The van der Waals surface area contributed by atoms with Crippen LogP contribution in [0.25, 0.3) is 0 Å². The van der Waals surface area contributed by atoms with Crippen LogP contribution in [0.3, 0.4) is 0 Å². The molecule has 5 heteroatoms. The van der Waals surface area contributed by atoms with E-state index in [9.17, 15) is 9.59 Å². The Hall–Kier alpha value is -2.66. The van der Waals surface area contributed by atoms with Gasteiger partial charge in [-0.2, -0.15) is 0 Å². The number of nitrogens with one attached hydrogen (secondary N) is 1. The SMILES string of the molecule is Cc1cccc(C)c1NC(=O)CN(C)CC(=O)N(C)[C@H](C)c1ccccc1. The number of para-hydroxylation sites is 1. The Morgan fingerprint density at radius 2 is 1.52 bits per heavy atom. The summed E-state index contributed by atoms with van der Waals surface area (Å²) in [6.45, 7) is 6.29. The molecule has 0 saturated heterocycles. The van der Waals surface area contributed by atoms with Crippen LogP contribution in [0.15, 0.2) is 48.5 Å². The number of likely N-dealkylation sites (N-methyl/N-ethyl adjacent to an activating group) is 2. The van der Waals surface area contributed by atoms with Crippen molar-refractivity contribution in [1.29, 1.82) is 0 Å². The van der Waals surface area contributed by atoms with Gasteiger partial charge in [0.25, 0.3) is 0 Å². The van der Waals surface area contributed by atoms with Gasteiger partial charge in [0.2, 0.25) is 11.8 Å². The topological polar surface area (TPSA) is 52.7 Å². The molecule has 5 nitrogen and oxygen atoms in total. The molecule has 0 fully saturated rings. The number of carbonyl (C=O) groups excluding carboxylic acids is 2. The lowest BCUT2D eigenvalue weighted by Crippen LogP contribution is -2.40. The molecule has 27 heavy (non-hydrogen) atoms. The van der Waals surface area contributed by atoms with Gasteiger partial charge in [-0.1, -0.05) is 48.5 Å². The van der Waals surface area contributed by atoms with E-state index in [1.54, 1.807) is 23.9 Å². The van der Waals surface area contributed by atoms with E-state index >= 15 is 0 Å². The first-order valence-electron chi connectivity index (χ1n) is 9.14. The van der Waals surface area contributed by atoms with Gasteiger partial charge >= 0.3 is 0 Å². The fourth-order valence-electron chi connectivity index (χ4n) is 3.01. The van der Waals surface area contributed by atoms with Gasteiger partial charge in [0.1, 0.15) is 0 Å². The highest BCUT2D eigenvalue weighted by atomic mass is 16.2. The first-order valence-corrected chi connectivity index (χ1v) is 9.14. The van der Waals surface area contributed by atoms with E-state index in [0.717, 1.165) is 22.4 Å². The van der Waals surface area contributed by atoms with Crippen molar-refractivity contribution >= 4 is 17.5 Å². The van der Waals surface area contributed by atoms with E-state index in [1.807, 2.05) is 69.3 Å². The average molecular weight is 367 g/mol. The summed E-state index contributed by atoms with van der Waals surface area (Å²) in [6, 6.07) is 15.8. The van der Waals surface area contributed by atoms with E-state index in [0.29, 0.717) is 0 Å². The smallest absolute Gasteiger partial charge is 0.238 e. The summed E-state index contributed by atoms with van der Waals surface area (Å²) in [7, 11) is 3.58. The Kier molecular flexibility index (Phi) is 7.13. The van der Waals surface area contributed by atoms with Crippen LogP contribution in [0.2, 0.25) is 0 Å². The maximum Gasteiger partial charge on any atom is 0.238 e. The molecule has 1 atom stereocenters. The Morgan fingerprint density at radius 1 is 0.926 bits per heavy atom. The number of rotatable bonds is 7. The number of benzene rings is 2. The largest absolute Gasteiger partial charge is 0.338 e. The zero-order valence-corrected chi connectivity index (χ0v) is 16.8. The Balaban J connectivity index is 1.89. The molecule has 0 aliphatic rings. The molecule has 2 aromatic rings. The predicted molar refractivity (Wildman–Crippen MR) is 110 cm³/mol. The lowest BCUT2D eigenvalue weighted by Gasteiger charge is -2.27. The Bertz CT molecular complexity index is 769. The quantitative estimate of drug-likeness (QED) is 0.816. The molecule has 0 aromatic heterocycles. The van der Waals surface area contributed by atoms with Crippen molar-refractivity contribution in [2.24, 2.45) is 0 Å². The number of hydrogen-bond acceptors (Lipinski definition) is 3. The van der Waals surface area contributed by atoms with Gasteiger partial charge in [0.05, 0.1) is 19.1 Å². The number of carbonyl (C=O) groups is 2. The molecule has 2 aromatic carbocycles. The summed E-state index contributed by atoms with van der Waals surface area (Å²) in [5.74, 6) is -0.143. The van der Waals surface area contributed by atoms with Gasteiger partial charge in [-0.3, -0.25) is 14.5 Å². The minimum Gasteiger partial charge on any atom is -0.338 e. The van der Waals surface area contributed by atoms with E-state index in [2.05, 4.69) is 5.32 Å². The van der Waals surface area contributed by atoms with Gasteiger partial charge < -0.3 is 10.2 Å². The number of hydrogen-bond donors (Lipinski definition) is 1. The average Bonchev–Trinajstić information content (AvgIpc) is 2.64. The maximum atomic E-state index is 12.6. The third kappa shape index (κ3) is 5.66. The molecule has 0 aliphatic carbocycles. The molecule has 0 bridgehead atoms. The molecule has 0 spiro atoms. The van der Waals surface area contributed by atoms with Crippen LogP contribution in [0, 0.1) is 13.8 Å². The second-order valence-corrected chi connectivity index (χ2v) is 7.08. The molecule has 0 aliphatic heterocycles.